The molecule has 0 N–H and O–H groups in total. The van der Waals surface area contributed by atoms with Gasteiger partial charge in [0.15, 0.2) is 5.16 Å². The van der Waals surface area contributed by atoms with Crippen LogP contribution >= 0.6 is 23.1 Å². The summed E-state index contributed by atoms with van der Waals surface area (Å²) in [5.41, 5.74) is 2.29. The van der Waals surface area contributed by atoms with Crippen LogP contribution in [0.1, 0.15) is 17.9 Å². The maximum Gasteiger partial charge on any atom is 0.232 e. The summed E-state index contributed by atoms with van der Waals surface area (Å²) < 4.78 is 13.1. The third kappa shape index (κ3) is 4.72. The highest BCUT2D eigenvalue weighted by atomic mass is 32.2. The quantitative estimate of drug-likeness (QED) is 0.280. The predicted molar refractivity (Wildman–Crippen MR) is 126 cm³/mol. The van der Waals surface area contributed by atoms with Crippen molar-refractivity contribution in [1.82, 2.24) is 24.9 Å². The van der Waals surface area contributed by atoms with E-state index < -0.39 is 0 Å². The van der Waals surface area contributed by atoms with Crippen LogP contribution in [0.25, 0.3) is 16.4 Å². The normalized spacial score (nSPS) is 14.2. The molecule has 0 atom stereocenters. The molecule has 0 bridgehead atoms. The maximum atomic E-state index is 5.52. The van der Waals surface area contributed by atoms with Gasteiger partial charge >= 0.3 is 0 Å². The number of hydrogen-bond acceptors (Lipinski definition) is 9. The van der Waals surface area contributed by atoms with E-state index in [1.807, 2.05) is 17.5 Å². The van der Waals surface area contributed by atoms with E-state index in [9.17, 15) is 0 Å². The molecule has 8 nitrogen and oxygen atoms in total. The molecular weight excluding hydrogens is 444 g/mol. The van der Waals surface area contributed by atoms with Gasteiger partial charge in [0, 0.05) is 25.3 Å². The van der Waals surface area contributed by atoms with Crippen molar-refractivity contribution in [3.8, 4) is 16.4 Å². The molecule has 3 aromatic heterocycles. The number of rotatable bonds is 8. The molecule has 0 saturated carbocycles. The van der Waals surface area contributed by atoms with Gasteiger partial charge in [0.1, 0.15) is 0 Å². The third-order valence-corrected chi connectivity index (χ3v) is 7.03. The maximum absolute atomic E-state index is 5.52. The van der Waals surface area contributed by atoms with Gasteiger partial charge in [0.05, 0.1) is 23.8 Å². The third-order valence-electron chi connectivity index (χ3n) is 5.15. The number of aryl methyl sites for hydroxylation is 2. The Morgan fingerprint density at radius 1 is 1.12 bits per heavy atom. The summed E-state index contributed by atoms with van der Waals surface area (Å²) >= 11 is 3.31. The Morgan fingerprint density at radius 2 is 2.03 bits per heavy atom. The van der Waals surface area contributed by atoms with E-state index in [2.05, 4.69) is 61.0 Å². The minimum absolute atomic E-state index is 0.664. The van der Waals surface area contributed by atoms with Crippen molar-refractivity contribution in [2.45, 2.75) is 24.9 Å². The Kier molecular flexibility index (Phi) is 6.51. The average molecular weight is 469 g/mol. The van der Waals surface area contributed by atoms with E-state index in [4.69, 9.17) is 9.26 Å². The average Bonchev–Trinajstić information content (AvgIpc) is 3.58. The van der Waals surface area contributed by atoms with Crippen LogP contribution in [0.5, 0.6) is 0 Å². The zero-order chi connectivity index (χ0) is 21.8. The van der Waals surface area contributed by atoms with Crippen LogP contribution in [-0.2, 0) is 11.2 Å². The Hall–Kier alpha value is -2.69. The largest absolute Gasteiger partial charge is 0.378 e. The zero-order valence-electron chi connectivity index (χ0n) is 17.8. The number of thiophene rings is 1. The molecule has 0 spiro atoms. The van der Waals surface area contributed by atoms with Gasteiger partial charge in [0.25, 0.3) is 0 Å². The van der Waals surface area contributed by atoms with Crippen LogP contribution < -0.4 is 4.90 Å². The lowest BCUT2D eigenvalue weighted by Crippen LogP contribution is -2.37. The number of aromatic nitrogens is 5. The summed E-state index contributed by atoms with van der Waals surface area (Å²) in [6.07, 6.45) is 1.64. The minimum atomic E-state index is 0.664. The van der Waals surface area contributed by atoms with Gasteiger partial charge in [-0.15, -0.1) is 21.5 Å². The minimum Gasteiger partial charge on any atom is -0.378 e. The number of morpholine rings is 1. The number of benzene rings is 1. The van der Waals surface area contributed by atoms with Crippen molar-refractivity contribution < 1.29 is 9.26 Å². The Bertz CT molecular complexity index is 1150. The summed E-state index contributed by atoms with van der Waals surface area (Å²) in [6, 6.07) is 12.4. The first-order valence-electron chi connectivity index (χ1n) is 10.6. The first-order chi connectivity index (χ1) is 15.8. The molecular formula is C22H24N6O2S2. The SMILES string of the molecule is Cc1cccc(-n2c(SCCCc3nc(-c4cccs4)no3)nnc2N2CCOCC2)c1. The summed E-state index contributed by atoms with van der Waals surface area (Å²) in [5, 5.41) is 16.1. The number of hydrogen-bond donors (Lipinski definition) is 0. The second kappa shape index (κ2) is 9.85. The second-order valence-electron chi connectivity index (χ2n) is 7.50. The van der Waals surface area contributed by atoms with E-state index in [0.717, 1.165) is 53.4 Å². The van der Waals surface area contributed by atoms with Crippen LogP contribution in [0.3, 0.4) is 0 Å². The Morgan fingerprint density at radius 3 is 2.84 bits per heavy atom. The molecule has 0 unspecified atom stereocenters. The van der Waals surface area contributed by atoms with Crippen molar-refractivity contribution >= 4 is 29.0 Å². The van der Waals surface area contributed by atoms with Crippen LogP contribution in [0, 0.1) is 6.92 Å². The summed E-state index contributed by atoms with van der Waals surface area (Å²) in [7, 11) is 0. The molecule has 0 radical (unpaired) electrons. The predicted octanol–water partition coefficient (Wildman–Crippen LogP) is 4.25. The Balaban J connectivity index is 1.27. The number of anilines is 1. The molecule has 166 valence electrons. The molecule has 0 aliphatic carbocycles. The molecule has 32 heavy (non-hydrogen) atoms. The molecule has 0 amide bonds. The van der Waals surface area contributed by atoms with E-state index in [0.29, 0.717) is 24.9 Å². The second-order valence-corrected chi connectivity index (χ2v) is 9.51. The lowest BCUT2D eigenvalue weighted by molar-refractivity contribution is 0.122. The van der Waals surface area contributed by atoms with E-state index >= 15 is 0 Å². The first-order valence-corrected chi connectivity index (χ1v) is 12.5. The molecule has 4 aromatic rings. The molecule has 1 saturated heterocycles. The molecule has 1 fully saturated rings. The Labute approximate surface area is 194 Å². The van der Waals surface area contributed by atoms with Crippen LogP contribution in [-0.4, -0.2) is 57.0 Å². The highest BCUT2D eigenvalue weighted by Gasteiger charge is 2.22. The van der Waals surface area contributed by atoms with E-state index in [1.54, 1.807) is 23.1 Å². The number of nitrogens with zero attached hydrogens (tertiary/aromatic N) is 6. The fourth-order valence-corrected chi connectivity index (χ4v) is 5.10. The zero-order valence-corrected chi connectivity index (χ0v) is 19.4. The molecule has 1 aliphatic rings. The summed E-state index contributed by atoms with van der Waals surface area (Å²) in [4.78, 5) is 7.78. The number of thioether (sulfide) groups is 1. The van der Waals surface area contributed by atoms with E-state index in [1.165, 1.54) is 5.56 Å². The van der Waals surface area contributed by atoms with Crippen molar-refractivity contribution in [2.75, 3.05) is 37.0 Å². The van der Waals surface area contributed by atoms with Gasteiger partial charge in [-0.25, -0.2) is 0 Å². The topological polar surface area (TPSA) is 82.1 Å². The van der Waals surface area contributed by atoms with Gasteiger partial charge < -0.3 is 14.2 Å². The number of ether oxygens (including phenoxy) is 1. The first kappa shape index (κ1) is 21.2. The lowest BCUT2D eigenvalue weighted by atomic mass is 10.2. The van der Waals surface area contributed by atoms with Crippen molar-refractivity contribution in [1.29, 1.82) is 0 Å². The van der Waals surface area contributed by atoms with Crippen LogP contribution in [0.15, 0.2) is 51.5 Å². The van der Waals surface area contributed by atoms with Crippen molar-refractivity contribution in [3.05, 3.63) is 53.2 Å². The van der Waals surface area contributed by atoms with Gasteiger partial charge in [-0.2, -0.15) is 4.98 Å². The fraction of sp³-hybridized carbons (Fsp3) is 0.364. The fourth-order valence-electron chi connectivity index (χ4n) is 3.57. The molecule has 10 heteroatoms. The van der Waals surface area contributed by atoms with Gasteiger partial charge in [0.2, 0.25) is 17.7 Å². The molecule has 1 aromatic carbocycles. The van der Waals surface area contributed by atoms with Gasteiger partial charge in [-0.1, -0.05) is 35.1 Å². The lowest BCUT2D eigenvalue weighted by Gasteiger charge is -2.28. The van der Waals surface area contributed by atoms with Gasteiger partial charge in [-0.05, 0) is 42.5 Å². The van der Waals surface area contributed by atoms with E-state index in [-0.39, 0.29) is 0 Å². The summed E-state index contributed by atoms with van der Waals surface area (Å²) in [6.45, 7) is 5.15. The van der Waals surface area contributed by atoms with Crippen LogP contribution in [0.2, 0.25) is 0 Å². The highest BCUT2D eigenvalue weighted by molar-refractivity contribution is 7.99. The molecule has 5 rings (SSSR count). The van der Waals surface area contributed by atoms with Crippen molar-refractivity contribution in [2.24, 2.45) is 0 Å². The monoisotopic (exact) mass is 468 g/mol. The standard InChI is InChI=1S/C22H24N6O2S2/c1-16-5-2-6-17(15-16)28-21(27-9-11-29-12-10-27)24-25-22(28)32-14-4-8-19-23-20(26-30-19)18-7-3-13-31-18/h2-3,5-7,13,15H,4,8-12,14H2,1H3. The molecule has 4 heterocycles. The van der Waals surface area contributed by atoms with Crippen molar-refractivity contribution in [3.63, 3.8) is 0 Å². The highest BCUT2D eigenvalue weighted by Crippen LogP contribution is 2.28. The smallest absolute Gasteiger partial charge is 0.232 e. The van der Waals surface area contributed by atoms with Gasteiger partial charge in [-0.3, -0.25) is 4.57 Å². The summed E-state index contributed by atoms with van der Waals surface area (Å²) in [5.74, 6) is 3.09. The molecule has 1 aliphatic heterocycles. The van der Waals surface area contributed by atoms with Crippen LogP contribution in [0.4, 0.5) is 5.95 Å².